The number of Topliss-reactive ketones (excluding diaryl/α,β-unsaturated/α-hetero) is 1. The molecule has 3 heteroatoms. The Balaban J connectivity index is 2.01. The summed E-state index contributed by atoms with van der Waals surface area (Å²) in [7, 11) is 0. The number of benzene rings is 1. The Labute approximate surface area is 120 Å². The molecule has 2 rings (SSSR count). The zero-order valence-corrected chi connectivity index (χ0v) is 12.0. The standard InChI is InChI=1S/C17H20N2O/c1-3-19(12-16-11-7-8-14(2)18-16)13-17(20)15-9-5-4-6-10-15/h4-11H,3,12-13H2,1-2H3. The van der Waals surface area contributed by atoms with Gasteiger partial charge in [-0.15, -0.1) is 0 Å². The highest BCUT2D eigenvalue weighted by atomic mass is 16.1. The lowest BCUT2D eigenvalue weighted by Gasteiger charge is -2.19. The van der Waals surface area contributed by atoms with E-state index in [0.29, 0.717) is 13.1 Å². The van der Waals surface area contributed by atoms with E-state index in [0.717, 1.165) is 23.5 Å². The smallest absolute Gasteiger partial charge is 0.176 e. The lowest BCUT2D eigenvalue weighted by Crippen LogP contribution is -2.29. The molecule has 0 N–H and O–H groups in total. The molecule has 20 heavy (non-hydrogen) atoms. The third-order valence-corrected chi connectivity index (χ3v) is 3.24. The highest BCUT2D eigenvalue weighted by molar-refractivity contribution is 5.97. The Kier molecular flexibility index (Phi) is 5.02. The van der Waals surface area contributed by atoms with Gasteiger partial charge in [0.15, 0.2) is 5.78 Å². The molecular weight excluding hydrogens is 248 g/mol. The van der Waals surface area contributed by atoms with E-state index >= 15 is 0 Å². The Bertz CT molecular complexity index is 566. The van der Waals surface area contributed by atoms with Crippen LogP contribution in [0.2, 0.25) is 0 Å². The minimum Gasteiger partial charge on any atom is -0.293 e. The van der Waals surface area contributed by atoms with Crippen LogP contribution < -0.4 is 0 Å². The summed E-state index contributed by atoms with van der Waals surface area (Å²) in [6.07, 6.45) is 0. The third-order valence-electron chi connectivity index (χ3n) is 3.24. The first-order chi connectivity index (χ1) is 9.69. The molecular formula is C17H20N2O. The van der Waals surface area contributed by atoms with Crippen molar-refractivity contribution >= 4 is 5.78 Å². The fourth-order valence-electron chi connectivity index (χ4n) is 2.11. The predicted octanol–water partition coefficient (Wildman–Crippen LogP) is 3.09. The molecule has 0 atom stereocenters. The van der Waals surface area contributed by atoms with Crippen molar-refractivity contribution in [2.45, 2.75) is 20.4 Å². The van der Waals surface area contributed by atoms with Gasteiger partial charge in [0.2, 0.25) is 0 Å². The van der Waals surface area contributed by atoms with Gasteiger partial charge in [-0.1, -0.05) is 43.3 Å². The normalized spacial score (nSPS) is 10.8. The van der Waals surface area contributed by atoms with Gasteiger partial charge < -0.3 is 0 Å². The van der Waals surface area contributed by atoms with Crippen molar-refractivity contribution < 1.29 is 4.79 Å². The highest BCUT2D eigenvalue weighted by Gasteiger charge is 2.11. The average molecular weight is 268 g/mol. The molecule has 3 nitrogen and oxygen atoms in total. The van der Waals surface area contributed by atoms with Crippen molar-refractivity contribution in [3.63, 3.8) is 0 Å². The summed E-state index contributed by atoms with van der Waals surface area (Å²) in [5.41, 5.74) is 2.78. The first-order valence-electron chi connectivity index (χ1n) is 6.92. The summed E-state index contributed by atoms with van der Waals surface area (Å²) in [6.45, 7) is 6.00. The fourth-order valence-corrected chi connectivity index (χ4v) is 2.11. The van der Waals surface area contributed by atoms with E-state index in [1.54, 1.807) is 0 Å². The molecule has 0 bridgehead atoms. The molecule has 0 aliphatic heterocycles. The van der Waals surface area contributed by atoms with Gasteiger partial charge in [-0.05, 0) is 25.6 Å². The molecule has 0 aliphatic carbocycles. The van der Waals surface area contributed by atoms with Gasteiger partial charge in [-0.2, -0.15) is 0 Å². The van der Waals surface area contributed by atoms with Crippen molar-refractivity contribution in [1.82, 2.24) is 9.88 Å². The van der Waals surface area contributed by atoms with E-state index in [-0.39, 0.29) is 5.78 Å². The van der Waals surface area contributed by atoms with E-state index in [4.69, 9.17) is 0 Å². The van der Waals surface area contributed by atoms with Gasteiger partial charge in [0.05, 0.1) is 12.2 Å². The van der Waals surface area contributed by atoms with Gasteiger partial charge >= 0.3 is 0 Å². The first-order valence-corrected chi connectivity index (χ1v) is 6.92. The van der Waals surface area contributed by atoms with Crippen LogP contribution in [0.4, 0.5) is 0 Å². The van der Waals surface area contributed by atoms with E-state index in [2.05, 4.69) is 16.8 Å². The van der Waals surface area contributed by atoms with E-state index < -0.39 is 0 Å². The summed E-state index contributed by atoms with van der Waals surface area (Å²) in [4.78, 5) is 18.8. The number of pyridine rings is 1. The SMILES string of the molecule is CCN(CC(=O)c1ccccc1)Cc1cccc(C)n1. The maximum atomic E-state index is 12.2. The molecule has 2 aromatic rings. The number of aryl methyl sites for hydroxylation is 1. The number of likely N-dealkylation sites (N-methyl/N-ethyl adjacent to an activating group) is 1. The Morgan fingerprint density at radius 2 is 1.85 bits per heavy atom. The number of rotatable bonds is 6. The Morgan fingerprint density at radius 1 is 1.10 bits per heavy atom. The molecule has 0 spiro atoms. The minimum absolute atomic E-state index is 0.153. The monoisotopic (exact) mass is 268 g/mol. The van der Waals surface area contributed by atoms with Crippen molar-refractivity contribution in [2.24, 2.45) is 0 Å². The number of ketones is 1. The van der Waals surface area contributed by atoms with Crippen LogP contribution in [0.5, 0.6) is 0 Å². The van der Waals surface area contributed by atoms with Gasteiger partial charge in [-0.25, -0.2) is 0 Å². The van der Waals surface area contributed by atoms with Crippen LogP contribution in [-0.4, -0.2) is 28.8 Å². The Hall–Kier alpha value is -2.00. The largest absolute Gasteiger partial charge is 0.293 e. The Morgan fingerprint density at radius 3 is 2.50 bits per heavy atom. The van der Waals surface area contributed by atoms with Gasteiger partial charge in [0.1, 0.15) is 0 Å². The molecule has 0 fully saturated rings. The van der Waals surface area contributed by atoms with Gasteiger partial charge in [0, 0.05) is 17.8 Å². The van der Waals surface area contributed by atoms with E-state index in [9.17, 15) is 4.79 Å². The average Bonchev–Trinajstić information content (AvgIpc) is 2.47. The zero-order valence-electron chi connectivity index (χ0n) is 12.0. The molecule has 0 saturated carbocycles. The number of hydrogen-bond acceptors (Lipinski definition) is 3. The van der Waals surface area contributed by atoms with Crippen molar-refractivity contribution in [3.05, 3.63) is 65.5 Å². The highest BCUT2D eigenvalue weighted by Crippen LogP contribution is 2.06. The molecule has 1 aromatic carbocycles. The summed E-state index contributed by atoms with van der Waals surface area (Å²) < 4.78 is 0. The lowest BCUT2D eigenvalue weighted by atomic mass is 10.1. The first kappa shape index (κ1) is 14.4. The van der Waals surface area contributed by atoms with Gasteiger partial charge in [0.25, 0.3) is 0 Å². The van der Waals surface area contributed by atoms with Crippen molar-refractivity contribution in [3.8, 4) is 0 Å². The molecule has 104 valence electrons. The van der Waals surface area contributed by atoms with Crippen LogP contribution in [-0.2, 0) is 6.54 Å². The second kappa shape index (κ2) is 6.96. The second-order valence-electron chi connectivity index (χ2n) is 4.86. The second-order valence-corrected chi connectivity index (χ2v) is 4.86. The number of carbonyl (C=O) groups is 1. The lowest BCUT2D eigenvalue weighted by molar-refractivity contribution is 0.0929. The maximum absolute atomic E-state index is 12.2. The van der Waals surface area contributed by atoms with Crippen molar-refractivity contribution in [1.29, 1.82) is 0 Å². The van der Waals surface area contributed by atoms with E-state index in [1.165, 1.54) is 0 Å². The van der Waals surface area contributed by atoms with Crippen LogP contribution in [0.25, 0.3) is 0 Å². The van der Waals surface area contributed by atoms with Crippen LogP contribution in [0, 0.1) is 6.92 Å². The number of aromatic nitrogens is 1. The topological polar surface area (TPSA) is 33.2 Å². The third kappa shape index (κ3) is 4.00. The molecule has 0 radical (unpaired) electrons. The summed E-state index contributed by atoms with van der Waals surface area (Å²) in [5.74, 6) is 0.153. The molecule has 0 aliphatic rings. The number of nitrogens with zero attached hydrogens (tertiary/aromatic N) is 2. The molecule has 1 aromatic heterocycles. The predicted molar refractivity (Wildman–Crippen MR) is 80.7 cm³/mol. The minimum atomic E-state index is 0.153. The maximum Gasteiger partial charge on any atom is 0.176 e. The molecule has 0 saturated heterocycles. The van der Waals surface area contributed by atoms with E-state index in [1.807, 2.05) is 55.5 Å². The summed E-state index contributed by atoms with van der Waals surface area (Å²) in [6, 6.07) is 15.4. The molecule has 0 amide bonds. The fraction of sp³-hybridized carbons (Fsp3) is 0.294. The van der Waals surface area contributed by atoms with Crippen LogP contribution in [0.15, 0.2) is 48.5 Å². The summed E-state index contributed by atoms with van der Waals surface area (Å²) in [5, 5.41) is 0. The van der Waals surface area contributed by atoms with Gasteiger partial charge in [-0.3, -0.25) is 14.7 Å². The molecule has 1 heterocycles. The zero-order chi connectivity index (χ0) is 14.4. The van der Waals surface area contributed by atoms with Crippen LogP contribution in [0.1, 0.15) is 28.7 Å². The number of carbonyl (C=O) groups excluding carboxylic acids is 1. The quantitative estimate of drug-likeness (QED) is 0.755. The molecule has 0 unspecified atom stereocenters. The summed E-state index contributed by atoms with van der Waals surface area (Å²) >= 11 is 0. The van der Waals surface area contributed by atoms with Crippen LogP contribution in [0.3, 0.4) is 0 Å². The van der Waals surface area contributed by atoms with Crippen molar-refractivity contribution in [2.75, 3.05) is 13.1 Å². The number of hydrogen-bond donors (Lipinski definition) is 0. The van der Waals surface area contributed by atoms with Crippen LogP contribution >= 0.6 is 0 Å².